The third kappa shape index (κ3) is 3.31. The molecule has 0 radical (unpaired) electrons. The average molecular weight is 332 g/mol. The van der Waals surface area contributed by atoms with Gasteiger partial charge in [-0.3, -0.25) is 14.5 Å². The molecule has 3 fully saturated rings. The molecular formula is C17H24N4O3. The first-order valence-corrected chi connectivity index (χ1v) is 8.97. The standard InChI is InChI=1S/C17H24N4O3/c22-16(20-5-1-2-6-20)12-19-7-9-21(10-8-19)17(23)14-11-15(24-18-14)13-3-4-13/h11,13H,1-10,12H2. The lowest BCUT2D eigenvalue weighted by molar-refractivity contribution is -0.131. The number of aromatic nitrogens is 1. The maximum atomic E-state index is 12.5. The first kappa shape index (κ1) is 15.6. The summed E-state index contributed by atoms with van der Waals surface area (Å²) < 4.78 is 5.27. The van der Waals surface area contributed by atoms with E-state index in [1.54, 1.807) is 6.07 Å². The summed E-state index contributed by atoms with van der Waals surface area (Å²) in [7, 11) is 0. The van der Waals surface area contributed by atoms with Gasteiger partial charge in [0.25, 0.3) is 5.91 Å². The predicted molar refractivity (Wildman–Crippen MR) is 86.6 cm³/mol. The second kappa shape index (κ2) is 6.55. The highest BCUT2D eigenvalue weighted by Crippen LogP contribution is 2.40. The van der Waals surface area contributed by atoms with Gasteiger partial charge < -0.3 is 14.3 Å². The van der Waals surface area contributed by atoms with Crippen LogP contribution in [0.3, 0.4) is 0 Å². The van der Waals surface area contributed by atoms with E-state index in [1.807, 2.05) is 9.80 Å². The van der Waals surface area contributed by atoms with Crippen molar-refractivity contribution in [2.45, 2.75) is 31.6 Å². The van der Waals surface area contributed by atoms with Gasteiger partial charge in [-0.15, -0.1) is 0 Å². The lowest BCUT2D eigenvalue weighted by Gasteiger charge is -2.34. The van der Waals surface area contributed by atoms with Gasteiger partial charge in [-0.1, -0.05) is 5.16 Å². The summed E-state index contributed by atoms with van der Waals surface area (Å²) in [5.41, 5.74) is 0.415. The molecule has 2 aliphatic heterocycles. The first-order valence-electron chi connectivity index (χ1n) is 8.97. The minimum atomic E-state index is -0.0591. The van der Waals surface area contributed by atoms with Gasteiger partial charge in [0.1, 0.15) is 5.76 Å². The largest absolute Gasteiger partial charge is 0.360 e. The summed E-state index contributed by atoms with van der Waals surface area (Å²) in [5, 5.41) is 3.93. The van der Waals surface area contributed by atoms with Crippen LogP contribution in [0.1, 0.15) is 47.8 Å². The summed E-state index contributed by atoms with van der Waals surface area (Å²) in [6, 6.07) is 1.79. The maximum Gasteiger partial charge on any atom is 0.276 e. The molecule has 0 atom stereocenters. The maximum absolute atomic E-state index is 12.5. The number of carbonyl (C=O) groups excluding carboxylic acids is 2. The van der Waals surface area contributed by atoms with Crippen molar-refractivity contribution in [2.24, 2.45) is 0 Å². The van der Waals surface area contributed by atoms with E-state index < -0.39 is 0 Å². The van der Waals surface area contributed by atoms with Gasteiger partial charge in [0.2, 0.25) is 5.91 Å². The molecule has 2 saturated heterocycles. The molecule has 1 aromatic heterocycles. The Morgan fingerprint density at radius 2 is 1.75 bits per heavy atom. The van der Waals surface area contributed by atoms with Gasteiger partial charge >= 0.3 is 0 Å². The average Bonchev–Trinajstić information content (AvgIpc) is 3.12. The lowest BCUT2D eigenvalue weighted by Crippen LogP contribution is -2.51. The van der Waals surface area contributed by atoms with E-state index in [0.29, 0.717) is 31.2 Å². The third-order valence-electron chi connectivity index (χ3n) is 5.20. The quantitative estimate of drug-likeness (QED) is 0.820. The topological polar surface area (TPSA) is 69.9 Å². The molecule has 0 spiro atoms. The minimum absolute atomic E-state index is 0.0591. The molecule has 0 bridgehead atoms. The number of likely N-dealkylation sites (tertiary alicyclic amines) is 1. The van der Waals surface area contributed by atoms with Crippen LogP contribution in [0.15, 0.2) is 10.6 Å². The fraction of sp³-hybridized carbons (Fsp3) is 0.706. The second-order valence-electron chi connectivity index (χ2n) is 7.05. The van der Waals surface area contributed by atoms with E-state index in [-0.39, 0.29) is 11.8 Å². The number of nitrogens with zero attached hydrogens (tertiary/aromatic N) is 4. The van der Waals surface area contributed by atoms with Crippen molar-refractivity contribution in [3.8, 4) is 0 Å². The summed E-state index contributed by atoms with van der Waals surface area (Å²) in [5.74, 6) is 1.47. The van der Waals surface area contributed by atoms with Crippen LogP contribution in [0, 0.1) is 0 Å². The van der Waals surface area contributed by atoms with Crippen LogP contribution in [0.2, 0.25) is 0 Å². The van der Waals surface area contributed by atoms with E-state index in [4.69, 9.17) is 4.52 Å². The van der Waals surface area contributed by atoms with E-state index in [0.717, 1.165) is 57.6 Å². The van der Waals surface area contributed by atoms with Crippen molar-refractivity contribution in [1.29, 1.82) is 0 Å². The van der Waals surface area contributed by atoms with Gasteiger partial charge in [0.15, 0.2) is 5.69 Å². The third-order valence-corrected chi connectivity index (χ3v) is 5.20. The van der Waals surface area contributed by atoms with Crippen LogP contribution in [-0.2, 0) is 4.79 Å². The van der Waals surface area contributed by atoms with E-state index in [1.165, 1.54) is 0 Å². The number of piperazine rings is 1. The monoisotopic (exact) mass is 332 g/mol. The predicted octanol–water partition coefficient (Wildman–Crippen LogP) is 0.932. The Morgan fingerprint density at radius 3 is 2.42 bits per heavy atom. The second-order valence-corrected chi connectivity index (χ2v) is 7.05. The lowest BCUT2D eigenvalue weighted by atomic mass is 10.2. The molecule has 130 valence electrons. The van der Waals surface area contributed by atoms with Crippen molar-refractivity contribution >= 4 is 11.8 Å². The van der Waals surface area contributed by atoms with Gasteiger partial charge in [-0.25, -0.2) is 0 Å². The molecule has 1 aliphatic carbocycles. The van der Waals surface area contributed by atoms with E-state index in [9.17, 15) is 9.59 Å². The van der Waals surface area contributed by atoms with Crippen LogP contribution in [0.4, 0.5) is 0 Å². The molecule has 0 aromatic carbocycles. The Bertz CT molecular complexity index is 611. The van der Waals surface area contributed by atoms with Crippen LogP contribution in [0.5, 0.6) is 0 Å². The number of amides is 2. The van der Waals surface area contributed by atoms with E-state index >= 15 is 0 Å². The van der Waals surface area contributed by atoms with Crippen molar-refractivity contribution in [3.63, 3.8) is 0 Å². The molecule has 0 unspecified atom stereocenters. The summed E-state index contributed by atoms with van der Waals surface area (Å²) in [6.45, 7) is 5.00. The van der Waals surface area contributed by atoms with Crippen LogP contribution < -0.4 is 0 Å². The van der Waals surface area contributed by atoms with Gasteiger partial charge in [-0.05, 0) is 25.7 Å². The summed E-state index contributed by atoms with van der Waals surface area (Å²) >= 11 is 0. The fourth-order valence-corrected chi connectivity index (χ4v) is 3.48. The Balaban J connectivity index is 1.27. The minimum Gasteiger partial charge on any atom is -0.360 e. The SMILES string of the molecule is O=C(CN1CCN(C(=O)c2cc(C3CC3)on2)CC1)N1CCCC1. The molecule has 7 nitrogen and oxygen atoms in total. The van der Waals surface area contributed by atoms with Crippen LogP contribution in [-0.4, -0.2) is 77.5 Å². The van der Waals surface area contributed by atoms with Gasteiger partial charge in [0.05, 0.1) is 6.54 Å². The zero-order chi connectivity index (χ0) is 16.5. The molecule has 4 rings (SSSR count). The van der Waals surface area contributed by atoms with Crippen LogP contribution in [0.25, 0.3) is 0 Å². The molecule has 3 heterocycles. The van der Waals surface area contributed by atoms with Crippen molar-refractivity contribution in [1.82, 2.24) is 19.9 Å². The highest BCUT2D eigenvalue weighted by atomic mass is 16.5. The zero-order valence-electron chi connectivity index (χ0n) is 13.9. The Kier molecular flexibility index (Phi) is 4.26. The van der Waals surface area contributed by atoms with Crippen LogP contribution >= 0.6 is 0 Å². The Morgan fingerprint density at radius 1 is 1.04 bits per heavy atom. The number of rotatable bonds is 4. The molecule has 0 N–H and O–H groups in total. The summed E-state index contributed by atoms with van der Waals surface area (Å²) in [6.07, 6.45) is 4.50. The van der Waals surface area contributed by atoms with E-state index in [2.05, 4.69) is 10.1 Å². The Hall–Kier alpha value is -1.89. The molecule has 24 heavy (non-hydrogen) atoms. The van der Waals surface area contributed by atoms with Gasteiger partial charge in [0, 0.05) is 51.3 Å². The molecule has 3 aliphatic rings. The molecule has 7 heteroatoms. The normalized spacial score (nSPS) is 22.2. The number of hydrogen-bond acceptors (Lipinski definition) is 5. The molecule has 2 amide bonds. The van der Waals surface area contributed by atoms with Crippen molar-refractivity contribution in [2.75, 3.05) is 45.8 Å². The number of hydrogen-bond donors (Lipinski definition) is 0. The zero-order valence-corrected chi connectivity index (χ0v) is 13.9. The van der Waals surface area contributed by atoms with Crippen molar-refractivity contribution < 1.29 is 14.1 Å². The van der Waals surface area contributed by atoms with Crippen molar-refractivity contribution in [3.05, 3.63) is 17.5 Å². The highest BCUT2D eigenvalue weighted by Gasteiger charge is 2.31. The molecule has 1 aromatic rings. The highest BCUT2D eigenvalue weighted by molar-refractivity contribution is 5.92. The van der Waals surface area contributed by atoms with Gasteiger partial charge in [-0.2, -0.15) is 0 Å². The fourth-order valence-electron chi connectivity index (χ4n) is 3.48. The number of carbonyl (C=O) groups is 2. The Labute approximate surface area is 141 Å². The summed E-state index contributed by atoms with van der Waals surface area (Å²) in [4.78, 5) is 30.6. The molecular weight excluding hydrogens is 308 g/mol. The first-order chi connectivity index (χ1) is 11.7. The smallest absolute Gasteiger partial charge is 0.276 e. The molecule has 1 saturated carbocycles.